The van der Waals surface area contributed by atoms with Crippen LogP contribution in [0.1, 0.15) is 11.1 Å². The van der Waals surface area contributed by atoms with E-state index in [0.717, 1.165) is 17.8 Å². The van der Waals surface area contributed by atoms with Crippen LogP contribution in [0.5, 0.6) is 0 Å². The van der Waals surface area contributed by atoms with Crippen molar-refractivity contribution in [2.45, 2.75) is 17.7 Å². The quantitative estimate of drug-likeness (QED) is 0.263. The molecule has 0 aliphatic carbocycles. The number of anilines is 1. The van der Waals surface area contributed by atoms with Crippen LogP contribution in [0.2, 0.25) is 0 Å². The molecular weight excluding hydrogens is 448 g/mol. The number of rotatable bonds is 6. The van der Waals surface area contributed by atoms with Crippen LogP contribution in [0.25, 0.3) is 11.2 Å². The number of para-hydroxylation sites is 1. The van der Waals surface area contributed by atoms with E-state index in [1.807, 2.05) is 0 Å². The van der Waals surface area contributed by atoms with Crippen molar-refractivity contribution in [2.24, 2.45) is 0 Å². The Bertz CT molecular complexity index is 1280. The highest BCUT2D eigenvalue weighted by Gasteiger charge is 2.33. The maximum Gasteiger partial charge on any atom is 0.418 e. The topological polar surface area (TPSA) is 85.6 Å². The van der Waals surface area contributed by atoms with Gasteiger partial charge in [-0.3, -0.25) is 4.79 Å². The summed E-state index contributed by atoms with van der Waals surface area (Å²) in [6.45, 7) is 0.0962. The van der Waals surface area contributed by atoms with Crippen molar-refractivity contribution < 1.29 is 22.4 Å². The molecule has 0 unspecified atom stereocenters. The third kappa shape index (κ3) is 4.69. The molecule has 32 heavy (non-hydrogen) atoms. The van der Waals surface area contributed by atoms with E-state index in [1.54, 1.807) is 18.2 Å². The number of carbonyl (C=O) groups excluding carboxylic acids is 1. The molecule has 7 nitrogen and oxygen atoms in total. The molecule has 2 aromatic carbocycles. The van der Waals surface area contributed by atoms with Gasteiger partial charge in [-0.2, -0.15) is 13.2 Å². The maximum absolute atomic E-state index is 13.9. The molecule has 1 amide bonds. The lowest BCUT2D eigenvalue weighted by molar-refractivity contribution is -0.137. The molecule has 0 aliphatic rings. The fraction of sp³-hybridized carbons (Fsp3) is 0.150. The Kier molecular flexibility index (Phi) is 6.04. The molecule has 0 bridgehead atoms. The minimum Gasteiger partial charge on any atom is -0.325 e. The zero-order chi connectivity index (χ0) is 22.7. The summed E-state index contributed by atoms with van der Waals surface area (Å²) < 4.78 is 54.6. The Balaban J connectivity index is 1.48. The largest absolute Gasteiger partial charge is 0.418 e. The number of alkyl halides is 3. The van der Waals surface area contributed by atoms with Gasteiger partial charge < -0.3 is 5.32 Å². The summed E-state index contributed by atoms with van der Waals surface area (Å²) >= 11 is 0.979. The first-order valence-electron chi connectivity index (χ1n) is 9.19. The van der Waals surface area contributed by atoms with Crippen molar-refractivity contribution in [1.82, 2.24) is 25.0 Å². The van der Waals surface area contributed by atoms with Gasteiger partial charge in [0.2, 0.25) is 5.91 Å². The van der Waals surface area contributed by atoms with Crippen LogP contribution in [-0.2, 0) is 17.5 Å². The zero-order valence-electron chi connectivity index (χ0n) is 16.2. The SMILES string of the molecule is O=C(CSc1ncnc2c1nnn2Cc1ccccc1F)Nc1ccccc1C(F)(F)F. The van der Waals surface area contributed by atoms with Crippen molar-refractivity contribution in [3.8, 4) is 0 Å². The summed E-state index contributed by atoms with van der Waals surface area (Å²) in [5, 5.41) is 10.6. The lowest BCUT2D eigenvalue weighted by atomic mass is 10.1. The second kappa shape index (κ2) is 8.91. The van der Waals surface area contributed by atoms with Gasteiger partial charge in [0.1, 0.15) is 17.2 Å². The molecule has 164 valence electrons. The lowest BCUT2D eigenvalue weighted by Gasteiger charge is -2.13. The van der Waals surface area contributed by atoms with Gasteiger partial charge in [-0.25, -0.2) is 19.0 Å². The van der Waals surface area contributed by atoms with Crippen LogP contribution in [0.15, 0.2) is 59.9 Å². The summed E-state index contributed by atoms with van der Waals surface area (Å²) in [7, 11) is 0. The van der Waals surface area contributed by atoms with Crippen molar-refractivity contribution in [3.05, 3.63) is 71.8 Å². The van der Waals surface area contributed by atoms with Crippen LogP contribution in [-0.4, -0.2) is 36.6 Å². The first-order chi connectivity index (χ1) is 15.3. The van der Waals surface area contributed by atoms with Gasteiger partial charge in [0.15, 0.2) is 11.2 Å². The third-order valence-electron chi connectivity index (χ3n) is 4.39. The predicted molar refractivity (Wildman–Crippen MR) is 109 cm³/mol. The minimum absolute atomic E-state index is 0.0962. The van der Waals surface area contributed by atoms with Gasteiger partial charge in [-0.1, -0.05) is 47.3 Å². The number of fused-ring (bicyclic) bond motifs is 1. The molecule has 0 saturated carbocycles. The van der Waals surface area contributed by atoms with Gasteiger partial charge in [0.05, 0.1) is 23.5 Å². The molecule has 2 aromatic heterocycles. The van der Waals surface area contributed by atoms with Gasteiger partial charge in [-0.05, 0) is 18.2 Å². The normalized spacial score (nSPS) is 11.6. The number of hydrogen-bond donors (Lipinski definition) is 1. The molecular formula is C20H14F4N6OS. The average molecular weight is 462 g/mol. The Labute approximate surface area is 182 Å². The molecule has 4 aromatic rings. The molecule has 0 atom stereocenters. The van der Waals surface area contributed by atoms with Crippen molar-refractivity contribution in [2.75, 3.05) is 11.1 Å². The van der Waals surface area contributed by atoms with Crippen LogP contribution in [0.4, 0.5) is 23.2 Å². The number of halogens is 4. The summed E-state index contributed by atoms with van der Waals surface area (Å²) in [5.74, 6) is -1.24. The molecule has 4 rings (SSSR count). The van der Waals surface area contributed by atoms with Crippen molar-refractivity contribution in [3.63, 3.8) is 0 Å². The van der Waals surface area contributed by atoms with Gasteiger partial charge in [-0.15, -0.1) is 5.10 Å². The number of benzene rings is 2. The highest BCUT2D eigenvalue weighted by Crippen LogP contribution is 2.34. The molecule has 1 N–H and O–H groups in total. The van der Waals surface area contributed by atoms with Crippen molar-refractivity contribution in [1.29, 1.82) is 0 Å². The highest BCUT2D eigenvalue weighted by atomic mass is 32.2. The fourth-order valence-electron chi connectivity index (χ4n) is 2.93. The number of nitrogens with one attached hydrogen (secondary N) is 1. The molecule has 0 radical (unpaired) electrons. The van der Waals surface area contributed by atoms with Gasteiger partial charge >= 0.3 is 6.18 Å². The summed E-state index contributed by atoms with van der Waals surface area (Å²) in [5.41, 5.74) is -0.214. The van der Waals surface area contributed by atoms with Crippen LogP contribution < -0.4 is 5.32 Å². The van der Waals surface area contributed by atoms with Gasteiger partial charge in [0.25, 0.3) is 0 Å². The van der Waals surface area contributed by atoms with E-state index in [9.17, 15) is 22.4 Å². The minimum atomic E-state index is -4.59. The Hall–Kier alpha value is -3.54. The molecule has 0 saturated heterocycles. The average Bonchev–Trinajstić information content (AvgIpc) is 3.17. The Morgan fingerprint density at radius 1 is 1.06 bits per heavy atom. The standard InChI is InChI=1S/C20H14F4N6OS/c21-14-7-3-1-5-12(14)9-30-18-17(28-29-30)19(26-11-25-18)32-10-16(31)27-15-8-4-2-6-13(15)20(22,23)24/h1-8,11H,9-10H2,(H,27,31). The van der Waals surface area contributed by atoms with Crippen LogP contribution in [0.3, 0.4) is 0 Å². The van der Waals surface area contributed by atoms with Crippen LogP contribution >= 0.6 is 11.8 Å². The second-order valence-corrected chi connectivity index (χ2v) is 7.53. The molecule has 0 fully saturated rings. The zero-order valence-corrected chi connectivity index (χ0v) is 17.0. The monoisotopic (exact) mass is 462 g/mol. The van der Waals surface area contributed by atoms with E-state index in [-0.39, 0.29) is 18.0 Å². The molecule has 12 heteroatoms. The number of carbonyl (C=O) groups is 1. The number of hydrogen-bond acceptors (Lipinski definition) is 6. The predicted octanol–water partition coefficient (Wildman–Crippen LogP) is 4.16. The fourth-order valence-corrected chi connectivity index (χ4v) is 3.66. The number of nitrogens with zero attached hydrogens (tertiary/aromatic N) is 5. The Morgan fingerprint density at radius 3 is 2.59 bits per heavy atom. The Morgan fingerprint density at radius 2 is 1.81 bits per heavy atom. The van der Waals surface area contributed by atoms with Crippen LogP contribution in [0, 0.1) is 5.82 Å². The highest BCUT2D eigenvalue weighted by molar-refractivity contribution is 8.00. The molecule has 0 aliphatic heterocycles. The van der Waals surface area contributed by atoms with E-state index in [1.165, 1.54) is 35.3 Å². The van der Waals surface area contributed by atoms with E-state index < -0.39 is 23.5 Å². The maximum atomic E-state index is 13.9. The lowest BCUT2D eigenvalue weighted by Crippen LogP contribution is -2.18. The summed E-state index contributed by atoms with van der Waals surface area (Å²) in [6.07, 6.45) is -3.34. The molecule has 2 heterocycles. The number of aromatic nitrogens is 5. The third-order valence-corrected chi connectivity index (χ3v) is 5.37. The second-order valence-electron chi connectivity index (χ2n) is 6.57. The first-order valence-corrected chi connectivity index (χ1v) is 10.2. The number of amides is 1. The number of thioether (sulfide) groups is 1. The molecule has 0 spiro atoms. The van der Waals surface area contributed by atoms with E-state index >= 15 is 0 Å². The summed E-state index contributed by atoms with van der Waals surface area (Å²) in [4.78, 5) is 20.5. The van der Waals surface area contributed by atoms with Gasteiger partial charge in [0, 0.05) is 5.56 Å². The first kappa shape index (κ1) is 21.7. The van der Waals surface area contributed by atoms with E-state index in [2.05, 4.69) is 25.6 Å². The summed E-state index contributed by atoms with van der Waals surface area (Å²) in [6, 6.07) is 10.9. The van der Waals surface area contributed by atoms with E-state index in [4.69, 9.17) is 0 Å². The smallest absolute Gasteiger partial charge is 0.325 e. The van der Waals surface area contributed by atoms with Crippen molar-refractivity contribution >= 4 is 34.5 Å². The van der Waals surface area contributed by atoms with E-state index in [0.29, 0.717) is 21.8 Å².